The van der Waals surface area contributed by atoms with Gasteiger partial charge in [0.1, 0.15) is 0 Å². The summed E-state index contributed by atoms with van der Waals surface area (Å²) in [6, 6.07) is 0.502. The molecule has 2 unspecified atom stereocenters. The molecule has 3 nitrogen and oxygen atoms in total. The van der Waals surface area contributed by atoms with Crippen molar-refractivity contribution in [2.75, 3.05) is 27.4 Å². The van der Waals surface area contributed by atoms with Gasteiger partial charge in [-0.25, -0.2) is 0 Å². The standard InChI is InChI=1S/C9H21NO2/c1-8(5-6-11-3)10-7-9(2)12-4/h8-10H,5-7H2,1-4H3. The van der Waals surface area contributed by atoms with Crippen molar-refractivity contribution >= 4 is 0 Å². The van der Waals surface area contributed by atoms with E-state index < -0.39 is 0 Å². The van der Waals surface area contributed by atoms with Crippen molar-refractivity contribution in [3.05, 3.63) is 0 Å². The summed E-state index contributed by atoms with van der Waals surface area (Å²) in [5, 5.41) is 3.36. The molecule has 0 aromatic heterocycles. The van der Waals surface area contributed by atoms with Crippen LogP contribution >= 0.6 is 0 Å². The monoisotopic (exact) mass is 175 g/mol. The van der Waals surface area contributed by atoms with Crippen LogP contribution in [0.4, 0.5) is 0 Å². The van der Waals surface area contributed by atoms with Gasteiger partial charge in [0.05, 0.1) is 6.10 Å². The Morgan fingerprint density at radius 2 is 1.92 bits per heavy atom. The molecule has 74 valence electrons. The van der Waals surface area contributed by atoms with E-state index in [1.165, 1.54) is 0 Å². The third-order valence-corrected chi connectivity index (χ3v) is 1.91. The van der Waals surface area contributed by atoms with Crippen LogP contribution in [0, 0.1) is 0 Å². The van der Waals surface area contributed by atoms with E-state index >= 15 is 0 Å². The van der Waals surface area contributed by atoms with Gasteiger partial charge in [-0.3, -0.25) is 0 Å². The van der Waals surface area contributed by atoms with Gasteiger partial charge in [-0.1, -0.05) is 0 Å². The van der Waals surface area contributed by atoms with Gasteiger partial charge >= 0.3 is 0 Å². The minimum Gasteiger partial charge on any atom is -0.385 e. The molecule has 0 aromatic rings. The quantitative estimate of drug-likeness (QED) is 0.627. The Morgan fingerprint density at radius 1 is 1.25 bits per heavy atom. The van der Waals surface area contributed by atoms with Crippen LogP contribution in [-0.4, -0.2) is 39.5 Å². The number of ether oxygens (including phenoxy) is 2. The Morgan fingerprint density at radius 3 is 2.42 bits per heavy atom. The Bertz CT molecular complexity index is 98.5. The Labute approximate surface area is 75.4 Å². The molecule has 1 N–H and O–H groups in total. The molecule has 0 bridgehead atoms. The molecule has 0 spiro atoms. The molecule has 0 aliphatic rings. The maximum Gasteiger partial charge on any atom is 0.0667 e. The first-order chi connectivity index (χ1) is 5.70. The van der Waals surface area contributed by atoms with Crippen molar-refractivity contribution in [1.82, 2.24) is 5.32 Å². The van der Waals surface area contributed by atoms with Crippen LogP contribution in [-0.2, 0) is 9.47 Å². The van der Waals surface area contributed by atoms with Crippen LogP contribution in [0.2, 0.25) is 0 Å². The van der Waals surface area contributed by atoms with Crippen LogP contribution in [0.5, 0.6) is 0 Å². The molecule has 0 radical (unpaired) electrons. The van der Waals surface area contributed by atoms with Crippen molar-refractivity contribution in [2.45, 2.75) is 32.4 Å². The highest BCUT2D eigenvalue weighted by molar-refractivity contribution is 4.62. The Balaban J connectivity index is 3.24. The molecule has 12 heavy (non-hydrogen) atoms. The molecular weight excluding hydrogens is 154 g/mol. The van der Waals surface area contributed by atoms with Gasteiger partial charge in [0.15, 0.2) is 0 Å². The lowest BCUT2D eigenvalue weighted by molar-refractivity contribution is 0.112. The lowest BCUT2D eigenvalue weighted by Gasteiger charge is -2.16. The number of hydrogen-bond acceptors (Lipinski definition) is 3. The summed E-state index contributed by atoms with van der Waals surface area (Å²) < 4.78 is 10.1. The summed E-state index contributed by atoms with van der Waals surface area (Å²) in [5.74, 6) is 0. The summed E-state index contributed by atoms with van der Waals surface area (Å²) in [5.41, 5.74) is 0. The van der Waals surface area contributed by atoms with Crippen molar-refractivity contribution in [3.8, 4) is 0 Å². The van der Waals surface area contributed by atoms with E-state index in [1.54, 1.807) is 14.2 Å². The summed E-state index contributed by atoms with van der Waals surface area (Å²) in [6.07, 6.45) is 1.34. The van der Waals surface area contributed by atoms with E-state index in [9.17, 15) is 0 Å². The number of hydrogen-bond donors (Lipinski definition) is 1. The van der Waals surface area contributed by atoms with Crippen LogP contribution in [0.15, 0.2) is 0 Å². The average Bonchev–Trinajstić information content (AvgIpc) is 2.10. The first-order valence-electron chi connectivity index (χ1n) is 4.45. The van der Waals surface area contributed by atoms with Gasteiger partial charge in [-0.15, -0.1) is 0 Å². The molecule has 0 aromatic carbocycles. The second kappa shape index (κ2) is 7.53. The summed E-state index contributed by atoms with van der Waals surface area (Å²) >= 11 is 0. The van der Waals surface area contributed by atoms with E-state index in [4.69, 9.17) is 9.47 Å². The van der Waals surface area contributed by atoms with Crippen LogP contribution in [0.1, 0.15) is 20.3 Å². The molecular formula is C9H21NO2. The Hall–Kier alpha value is -0.120. The normalized spacial score (nSPS) is 16.0. The number of nitrogens with one attached hydrogen (secondary N) is 1. The van der Waals surface area contributed by atoms with E-state index in [-0.39, 0.29) is 6.10 Å². The summed E-state index contributed by atoms with van der Waals surface area (Å²) in [7, 11) is 3.46. The van der Waals surface area contributed by atoms with E-state index in [2.05, 4.69) is 19.2 Å². The van der Waals surface area contributed by atoms with Gasteiger partial charge < -0.3 is 14.8 Å². The molecule has 3 heteroatoms. The van der Waals surface area contributed by atoms with E-state index in [0.29, 0.717) is 6.04 Å². The van der Waals surface area contributed by atoms with Gasteiger partial charge in [0.2, 0.25) is 0 Å². The maximum atomic E-state index is 5.11. The highest BCUT2D eigenvalue weighted by Crippen LogP contribution is 1.92. The summed E-state index contributed by atoms with van der Waals surface area (Å²) in [6.45, 7) is 5.92. The van der Waals surface area contributed by atoms with Crippen LogP contribution in [0.25, 0.3) is 0 Å². The SMILES string of the molecule is COCCC(C)NCC(C)OC. The molecule has 0 aliphatic carbocycles. The van der Waals surface area contributed by atoms with Crippen LogP contribution in [0.3, 0.4) is 0 Å². The van der Waals surface area contributed by atoms with Gasteiger partial charge in [0.25, 0.3) is 0 Å². The number of rotatable bonds is 7. The maximum absolute atomic E-state index is 5.11. The van der Waals surface area contributed by atoms with E-state index in [0.717, 1.165) is 19.6 Å². The lowest BCUT2D eigenvalue weighted by Crippen LogP contribution is -2.33. The van der Waals surface area contributed by atoms with Crippen molar-refractivity contribution in [3.63, 3.8) is 0 Å². The van der Waals surface area contributed by atoms with Crippen molar-refractivity contribution in [2.24, 2.45) is 0 Å². The fourth-order valence-electron chi connectivity index (χ4n) is 0.847. The molecule has 0 saturated heterocycles. The second-order valence-electron chi connectivity index (χ2n) is 3.14. The Kier molecular flexibility index (Phi) is 7.45. The zero-order valence-electron chi connectivity index (χ0n) is 8.59. The largest absolute Gasteiger partial charge is 0.385 e. The van der Waals surface area contributed by atoms with Crippen molar-refractivity contribution in [1.29, 1.82) is 0 Å². The molecule has 0 amide bonds. The van der Waals surface area contributed by atoms with Gasteiger partial charge in [-0.05, 0) is 20.3 Å². The molecule has 0 rings (SSSR count). The zero-order valence-corrected chi connectivity index (χ0v) is 8.59. The fraction of sp³-hybridized carbons (Fsp3) is 1.00. The third kappa shape index (κ3) is 6.58. The molecule has 0 heterocycles. The lowest BCUT2D eigenvalue weighted by atomic mass is 10.2. The molecule has 0 saturated carbocycles. The van der Waals surface area contributed by atoms with E-state index in [1.807, 2.05) is 0 Å². The zero-order chi connectivity index (χ0) is 9.40. The molecule has 0 fully saturated rings. The predicted octanol–water partition coefficient (Wildman–Crippen LogP) is 1.04. The van der Waals surface area contributed by atoms with Crippen molar-refractivity contribution < 1.29 is 9.47 Å². The smallest absolute Gasteiger partial charge is 0.0667 e. The van der Waals surface area contributed by atoms with Gasteiger partial charge in [0, 0.05) is 33.4 Å². The first-order valence-corrected chi connectivity index (χ1v) is 4.45. The topological polar surface area (TPSA) is 30.5 Å². The minimum atomic E-state index is 0.287. The number of methoxy groups -OCH3 is 2. The first kappa shape index (κ1) is 11.9. The predicted molar refractivity (Wildman–Crippen MR) is 50.4 cm³/mol. The third-order valence-electron chi connectivity index (χ3n) is 1.91. The molecule has 2 atom stereocenters. The fourth-order valence-corrected chi connectivity index (χ4v) is 0.847. The van der Waals surface area contributed by atoms with Crippen LogP contribution < -0.4 is 5.32 Å². The molecule has 0 aliphatic heterocycles. The highest BCUT2D eigenvalue weighted by Gasteiger charge is 2.03. The average molecular weight is 175 g/mol. The summed E-state index contributed by atoms with van der Waals surface area (Å²) in [4.78, 5) is 0. The second-order valence-corrected chi connectivity index (χ2v) is 3.14. The highest BCUT2D eigenvalue weighted by atomic mass is 16.5. The van der Waals surface area contributed by atoms with Gasteiger partial charge in [-0.2, -0.15) is 0 Å². The minimum absolute atomic E-state index is 0.287.